The van der Waals surface area contributed by atoms with E-state index in [4.69, 9.17) is 17.3 Å². The molecule has 0 unspecified atom stereocenters. The van der Waals surface area contributed by atoms with Crippen LogP contribution in [0.3, 0.4) is 0 Å². The Morgan fingerprint density at radius 3 is 2.13 bits per heavy atom. The van der Waals surface area contributed by atoms with E-state index in [-0.39, 0.29) is 5.75 Å². The summed E-state index contributed by atoms with van der Waals surface area (Å²) in [5.41, 5.74) is 0. The molecule has 0 aliphatic carbocycles. The van der Waals surface area contributed by atoms with E-state index in [1.54, 1.807) is 0 Å². The molecule has 138 valence electrons. The molecule has 0 aromatic carbocycles. The van der Waals surface area contributed by atoms with Gasteiger partial charge < -0.3 is 0 Å². The van der Waals surface area contributed by atoms with Crippen LogP contribution in [0, 0.1) is 0 Å². The monoisotopic (exact) mass is 553 g/mol. The Hall–Kier alpha value is -0.0797. The molecule has 0 rings (SSSR count). The number of aliphatic hydroxyl groups is 5. The summed E-state index contributed by atoms with van der Waals surface area (Å²) in [6.45, 7) is 0.201. The first kappa shape index (κ1) is 22.9. The Morgan fingerprint density at radius 1 is 1.26 bits per heavy atom. The molecule has 0 heterocycles. The molecule has 0 aliphatic rings. The molecule has 5 N–H and O–H groups in total. The van der Waals surface area contributed by atoms with Gasteiger partial charge in [0.1, 0.15) is 0 Å². The zero-order valence-corrected chi connectivity index (χ0v) is 15.7. The van der Waals surface area contributed by atoms with Crippen LogP contribution in [-0.2, 0) is 34.3 Å². The normalized spacial score (nSPS) is 17.6. The van der Waals surface area contributed by atoms with E-state index in [0.29, 0.717) is 4.90 Å². The average Bonchev–Trinajstić information content (AvgIpc) is 2.54. The molecular formula is C11H18AuNO8S2. The molecule has 0 spiro atoms. The zero-order chi connectivity index (χ0) is 18.3. The van der Waals surface area contributed by atoms with Gasteiger partial charge in [-0.05, 0) is 0 Å². The number of amides is 1. The maximum atomic E-state index is 11.7. The molecule has 0 saturated carbocycles. The Balaban J connectivity index is 5.39. The average molecular weight is 553 g/mol. The standard InChI is InChI=1S/C11H19NO8S2.Au/c1-4(14)12(5(3-21)11(19)20)10(22)9(18)8(17)7(16)6(15)2-13;/h5-9,13,15-18,21H,2-3H2,1H3,(H,19,20);/q;+1/p-1/t5-,6+,7+,8-,9+;/m0./s1. The quantitative estimate of drug-likeness (QED) is 0.105. The summed E-state index contributed by atoms with van der Waals surface area (Å²) in [6.07, 6.45) is -7.62. The van der Waals surface area contributed by atoms with Gasteiger partial charge in [-0.3, -0.25) is 0 Å². The van der Waals surface area contributed by atoms with Crippen molar-refractivity contribution in [1.29, 1.82) is 0 Å². The van der Waals surface area contributed by atoms with E-state index in [9.17, 15) is 30.0 Å². The number of hydrogen-bond acceptors (Lipinski definition) is 10. The number of carbonyl (C=O) groups excluding carboxylic acids is 2. The van der Waals surface area contributed by atoms with Crippen molar-refractivity contribution in [1.82, 2.24) is 4.90 Å². The molecule has 12 heteroatoms. The van der Waals surface area contributed by atoms with Gasteiger partial charge in [0.2, 0.25) is 0 Å². The van der Waals surface area contributed by atoms with Crippen molar-refractivity contribution in [2.45, 2.75) is 37.4 Å². The van der Waals surface area contributed by atoms with Crippen molar-refractivity contribution in [3.8, 4) is 0 Å². The molecule has 23 heavy (non-hydrogen) atoms. The summed E-state index contributed by atoms with van der Waals surface area (Å²) >= 11 is 10.3. The second kappa shape index (κ2) is 10.7. The van der Waals surface area contributed by atoms with Crippen molar-refractivity contribution < 1.29 is 59.8 Å². The van der Waals surface area contributed by atoms with Gasteiger partial charge in [0.25, 0.3) is 0 Å². The van der Waals surface area contributed by atoms with Crippen LogP contribution in [0.5, 0.6) is 0 Å². The molecule has 9 nitrogen and oxygen atoms in total. The SMILES string of the molecule is CC(=O)N(C(=S)[C@H](O)[C@@H](O)[C@H](O)[C@H](O)CO)[C@@H](CS)C(=O)[O][Au]. The van der Waals surface area contributed by atoms with Crippen molar-refractivity contribution in [3.05, 3.63) is 0 Å². The summed E-state index contributed by atoms with van der Waals surface area (Å²) in [5.74, 6) is -1.77. The van der Waals surface area contributed by atoms with Gasteiger partial charge in [-0.1, -0.05) is 0 Å². The number of rotatable bonds is 8. The van der Waals surface area contributed by atoms with Crippen molar-refractivity contribution in [2.24, 2.45) is 0 Å². The number of hydrogen-bond donors (Lipinski definition) is 6. The Kier molecular flexibility index (Phi) is 10.7. The van der Waals surface area contributed by atoms with Gasteiger partial charge in [-0.2, -0.15) is 0 Å². The number of thiol groups is 1. The molecule has 0 aromatic heterocycles. The Labute approximate surface area is 156 Å². The first-order valence-corrected chi connectivity index (χ1v) is 8.13. The molecule has 0 saturated heterocycles. The topological polar surface area (TPSA) is 148 Å². The van der Waals surface area contributed by atoms with Crippen LogP contribution < -0.4 is 0 Å². The third-order valence-corrected chi connectivity index (χ3v) is 4.12. The molecule has 1 amide bonds. The van der Waals surface area contributed by atoms with E-state index in [1.165, 1.54) is 21.5 Å². The van der Waals surface area contributed by atoms with E-state index < -0.39 is 53.9 Å². The summed E-state index contributed by atoms with van der Waals surface area (Å²) in [7, 11) is 0. The minimum absolute atomic E-state index is 0.179. The van der Waals surface area contributed by atoms with Gasteiger partial charge in [-0.15, -0.1) is 0 Å². The van der Waals surface area contributed by atoms with E-state index in [1.807, 2.05) is 0 Å². The van der Waals surface area contributed by atoms with Crippen LogP contribution in [-0.4, -0.2) is 90.1 Å². The van der Waals surface area contributed by atoms with Gasteiger partial charge >= 0.3 is 156 Å². The molecule has 0 bridgehead atoms. The molecule has 0 aliphatic heterocycles. The summed E-state index contributed by atoms with van der Waals surface area (Å²) in [4.78, 5) is 23.5. The van der Waals surface area contributed by atoms with Crippen LogP contribution >= 0.6 is 24.8 Å². The number of carbonyl (C=O) groups is 2. The third kappa shape index (κ3) is 6.05. The zero-order valence-electron chi connectivity index (χ0n) is 11.9. The first-order valence-electron chi connectivity index (χ1n) is 6.20. The summed E-state index contributed by atoms with van der Waals surface area (Å²) < 4.78 is 4.46. The van der Waals surface area contributed by atoms with E-state index in [2.05, 4.69) is 15.9 Å². The van der Waals surface area contributed by atoms with Crippen molar-refractivity contribution in [2.75, 3.05) is 12.4 Å². The van der Waals surface area contributed by atoms with Crippen LogP contribution in [0.15, 0.2) is 0 Å². The summed E-state index contributed by atoms with van der Waals surface area (Å²) in [5, 5.41) is 47.4. The maximum absolute atomic E-state index is 11.7. The fourth-order valence-corrected chi connectivity index (χ4v) is 2.64. The van der Waals surface area contributed by atoms with Crippen molar-refractivity contribution in [3.63, 3.8) is 0 Å². The molecular weight excluding hydrogens is 535 g/mol. The van der Waals surface area contributed by atoms with Crippen LogP contribution in [0.4, 0.5) is 0 Å². The molecule has 0 fully saturated rings. The second-order valence-corrected chi connectivity index (χ2v) is 5.71. The van der Waals surface area contributed by atoms with E-state index >= 15 is 0 Å². The van der Waals surface area contributed by atoms with Gasteiger partial charge in [0.05, 0.1) is 0 Å². The number of nitrogens with zero attached hydrogens (tertiary/aromatic N) is 1. The number of aliphatic hydroxyl groups excluding tert-OH is 5. The van der Waals surface area contributed by atoms with Gasteiger partial charge in [-0.25, -0.2) is 0 Å². The van der Waals surface area contributed by atoms with Gasteiger partial charge in [0, 0.05) is 0 Å². The fraction of sp³-hybridized carbons (Fsp3) is 0.727. The van der Waals surface area contributed by atoms with E-state index in [0.717, 1.165) is 6.92 Å². The van der Waals surface area contributed by atoms with Gasteiger partial charge in [0.15, 0.2) is 0 Å². The third-order valence-electron chi connectivity index (χ3n) is 2.90. The predicted molar refractivity (Wildman–Crippen MR) is 80.0 cm³/mol. The Morgan fingerprint density at radius 2 is 1.78 bits per heavy atom. The molecule has 5 atom stereocenters. The molecule has 0 radical (unpaired) electrons. The van der Waals surface area contributed by atoms with Crippen LogP contribution in [0.25, 0.3) is 0 Å². The molecule has 0 aromatic rings. The van der Waals surface area contributed by atoms with Crippen molar-refractivity contribution >= 4 is 41.7 Å². The first-order chi connectivity index (χ1) is 10.6. The summed E-state index contributed by atoms with van der Waals surface area (Å²) in [6, 6.07) is -1.25. The van der Waals surface area contributed by atoms with Crippen LogP contribution in [0.1, 0.15) is 6.92 Å². The fourth-order valence-electron chi connectivity index (χ4n) is 1.64. The second-order valence-electron chi connectivity index (χ2n) is 4.48. The Bertz CT molecular complexity index is 440. The van der Waals surface area contributed by atoms with Crippen LogP contribution in [0.2, 0.25) is 0 Å². The number of thiocarbonyl (C=S) groups is 1. The predicted octanol–water partition coefficient (Wildman–Crippen LogP) is -3.10. The minimum atomic E-state index is -2.00.